The quantitative estimate of drug-likeness (QED) is 0.221. The molecule has 182 valence electrons. The van der Waals surface area contributed by atoms with E-state index in [9.17, 15) is 25.0 Å². The maximum absolute atomic E-state index is 10.9. The Hall–Kier alpha value is -5.25. The Labute approximate surface area is 205 Å². The number of para-hydroxylation sites is 2. The van der Waals surface area contributed by atoms with Gasteiger partial charge in [-0.2, -0.15) is 0 Å². The van der Waals surface area contributed by atoms with Gasteiger partial charge in [-0.1, -0.05) is 36.4 Å². The van der Waals surface area contributed by atoms with Gasteiger partial charge in [0.2, 0.25) is 0 Å². The van der Waals surface area contributed by atoms with Crippen LogP contribution in [-0.4, -0.2) is 20.9 Å². The lowest BCUT2D eigenvalue weighted by atomic mass is 10.2. The molecule has 10 nitrogen and oxygen atoms in total. The van der Waals surface area contributed by atoms with Gasteiger partial charge in [0.05, 0.1) is 22.0 Å². The average molecular weight is 488 g/mol. The van der Waals surface area contributed by atoms with Gasteiger partial charge in [-0.25, -0.2) is 4.79 Å². The first-order valence-corrected chi connectivity index (χ1v) is 10.5. The van der Waals surface area contributed by atoms with E-state index in [0.717, 1.165) is 12.1 Å². The molecule has 0 atom stereocenters. The first-order valence-electron chi connectivity index (χ1n) is 10.5. The molecule has 10 heteroatoms. The van der Waals surface area contributed by atoms with Gasteiger partial charge in [0.15, 0.2) is 0 Å². The second kappa shape index (κ2) is 11.7. The number of hydrogen-bond donors (Lipinski definition) is 1. The third-order valence-electron chi connectivity index (χ3n) is 4.73. The van der Waals surface area contributed by atoms with E-state index in [2.05, 4.69) is 0 Å². The van der Waals surface area contributed by atoms with Crippen LogP contribution >= 0.6 is 0 Å². The minimum Gasteiger partial charge on any atom is -0.477 e. The zero-order valence-electron chi connectivity index (χ0n) is 18.9. The minimum absolute atomic E-state index is 0.0680. The topological polar surface area (TPSA) is 142 Å². The Morgan fingerprint density at radius 1 is 0.667 bits per heavy atom. The molecule has 0 amide bonds. The van der Waals surface area contributed by atoms with Crippen LogP contribution in [0.5, 0.6) is 23.0 Å². The van der Waals surface area contributed by atoms with Gasteiger partial charge in [-0.15, -0.1) is 0 Å². The molecule has 0 spiro atoms. The summed E-state index contributed by atoms with van der Waals surface area (Å²) >= 11 is 0. The van der Waals surface area contributed by atoms with E-state index in [-0.39, 0.29) is 17.0 Å². The minimum atomic E-state index is -1.35. The van der Waals surface area contributed by atoms with Gasteiger partial charge < -0.3 is 14.6 Å². The highest BCUT2D eigenvalue weighted by molar-refractivity contribution is 5.92. The second-order valence-electron chi connectivity index (χ2n) is 7.28. The highest BCUT2D eigenvalue weighted by atomic mass is 16.6. The van der Waals surface area contributed by atoms with Gasteiger partial charge >= 0.3 is 5.97 Å². The average Bonchev–Trinajstić information content (AvgIpc) is 2.86. The number of aromatic carboxylic acids is 1. The Kier molecular flexibility index (Phi) is 8.28. The summed E-state index contributed by atoms with van der Waals surface area (Å²) in [7, 11) is 0. The number of benzene rings is 4. The number of ether oxygens (including phenoxy) is 2. The van der Waals surface area contributed by atoms with Crippen LogP contribution < -0.4 is 9.47 Å². The van der Waals surface area contributed by atoms with Gasteiger partial charge in [0.1, 0.15) is 28.6 Å². The van der Waals surface area contributed by atoms with Crippen molar-refractivity contribution < 1.29 is 29.2 Å². The van der Waals surface area contributed by atoms with E-state index >= 15 is 0 Å². The fourth-order valence-electron chi connectivity index (χ4n) is 3.01. The molecule has 0 heterocycles. The Balaban J connectivity index is 0.000000202. The van der Waals surface area contributed by atoms with Crippen LogP contribution in [0.1, 0.15) is 15.9 Å². The van der Waals surface area contributed by atoms with Crippen molar-refractivity contribution in [1.29, 1.82) is 0 Å². The van der Waals surface area contributed by atoms with Crippen molar-refractivity contribution in [2.24, 2.45) is 0 Å². The fourth-order valence-corrected chi connectivity index (χ4v) is 3.01. The summed E-state index contributed by atoms with van der Waals surface area (Å²) in [6.45, 7) is 1.70. The first kappa shape index (κ1) is 25.4. The number of hydrogen-bond acceptors (Lipinski definition) is 7. The lowest BCUT2D eigenvalue weighted by Crippen LogP contribution is -2.02. The second-order valence-corrected chi connectivity index (χ2v) is 7.28. The highest BCUT2D eigenvalue weighted by Gasteiger charge is 2.20. The molecular weight excluding hydrogens is 468 g/mol. The van der Waals surface area contributed by atoms with Crippen molar-refractivity contribution in [2.75, 3.05) is 0 Å². The van der Waals surface area contributed by atoms with E-state index in [0.29, 0.717) is 22.8 Å². The maximum Gasteiger partial charge on any atom is 0.342 e. The molecular formula is C26H20N2O8. The first-order chi connectivity index (χ1) is 17.2. The molecule has 0 aliphatic carbocycles. The Bertz CT molecular complexity index is 1380. The van der Waals surface area contributed by atoms with E-state index in [1.807, 2.05) is 24.3 Å². The predicted molar refractivity (Wildman–Crippen MR) is 131 cm³/mol. The lowest BCUT2D eigenvalue weighted by Gasteiger charge is -2.06. The molecule has 0 aliphatic heterocycles. The standard InChI is InChI=1S/C13H9NO5.C13H11NO3/c15-13(16)11-7-6-10(8-12(11)14(17)18)19-9-4-2-1-3-5-9;1-10-7-8-12(9-13(10)14(15)16)17-11-5-3-2-4-6-11/h1-8H,(H,15,16);2-9H,1H3. The van der Waals surface area contributed by atoms with Crippen LogP contribution in [0.4, 0.5) is 11.4 Å². The molecule has 0 aliphatic rings. The summed E-state index contributed by atoms with van der Waals surface area (Å²) in [6, 6.07) is 26.3. The molecule has 4 aromatic carbocycles. The smallest absolute Gasteiger partial charge is 0.342 e. The normalized spacial score (nSPS) is 9.92. The summed E-state index contributed by atoms with van der Waals surface area (Å²) < 4.78 is 10.9. The van der Waals surface area contributed by atoms with Crippen molar-refractivity contribution in [2.45, 2.75) is 6.92 Å². The summed E-state index contributed by atoms with van der Waals surface area (Å²) in [5.74, 6) is 0.500. The molecule has 0 saturated carbocycles. The molecule has 0 saturated heterocycles. The molecule has 0 bridgehead atoms. The van der Waals surface area contributed by atoms with E-state index in [1.54, 1.807) is 55.5 Å². The summed E-state index contributed by atoms with van der Waals surface area (Å²) in [5, 5.41) is 30.4. The number of rotatable bonds is 7. The molecule has 1 N–H and O–H groups in total. The largest absolute Gasteiger partial charge is 0.477 e. The van der Waals surface area contributed by atoms with Gasteiger partial charge in [-0.3, -0.25) is 20.2 Å². The van der Waals surface area contributed by atoms with E-state index in [4.69, 9.17) is 14.6 Å². The van der Waals surface area contributed by atoms with Crippen LogP contribution in [-0.2, 0) is 0 Å². The van der Waals surface area contributed by atoms with Crippen LogP contribution in [0.15, 0.2) is 97.1 Å². The van der Waals surface area contributed by atoms with Crippen molar-refractivity contribution in [3.05, 3.63) is 128 Å². The van der Waals surface area contributed by atoms with Crippen molar-refractivity contribution in [3.8, 4) is 23.0 Å². The monoisotopic (exact) mass is 488 g/mol. The molecule has 4 rings (SSSR count). The molecule has 0 fully saturated rings. The molecule has 0 radical (unpaired) electrons. The molecule has 36 heavy (non-hydrogen) atoms. The third-order valence-corrected chi connectivity index (χ3v) is 4.73. The van der Waals surface area contributed by atoms with Crippen LogP contribution in [0.25, 0.3) is 0 Å². The number of carboxylic acid groups (broad SMARTS) is 1. The van der Waals surface area contributed by atoms with Crippen molar-refractivity contribution >= 4 is 17.3 Å². The van der Waals surface area contributed by atoms with Crippen molar-refractivity contribution in [1.82, 2.24) is 0 Å². The van der Waals surface area contributed by atoms with Crippen molar-refractivity contribution in [3.63, 3.8) is 0 Å². The lowest BCUT2D eigenvalue weighted by molar-refractivity contribution is -0.385. The number of carboxylic acids is 1. The third kappa shape index (κ3) is 6.87. The zero-order chi connectivity index (χ0) is 26.1. The summed E-state index contributed by atoms with van der Waals surface area (Å²) in [4.78, 5) is 31.3. The fraction of sp³-hybridized carbons (Fsp3) is 0.0385. The number of carbonyl (C=O) groups is 1. The highest BCUT2D eigenvalue weighted by Crippen LogP contribution is 2.29. The number of nitro groups is 2. The Morgan fingerprint density at radius 2 is 1.11 bits per heavy atom. The summed E-state index contributed by atoms with van der Waals surface area (Å²) in [6.07, 6.45) is 0. The predicted octanol–water partition coefficient (Wildman–Crippen LogP) is 6.78. The van der Waals surface area contributed by atoms with Crippen LogP contribution in [0.3, 0.4) is 0 Å². The number of aryl methyl sites for hydroxylation is 1. The summed E-state index contributed by atoms with van der Waals surface area (Å²) in [5.41, 5.74) is -0.180. The SMILES string of the molecule is Cc1ccc(Oc2ccccc2)cc1[N+](=O)[O-].O=C(O)c1ccc(Oc2ccccc2)cc1[N+](=O)[O-]. The van der Waals surface area contributed by atoms with E-state index < -0.39 is 21.5 Å². The van der Waals surface area contributed by atoms with Gasteiger partial charge in [0.25, 0.3) is 11.4 Å². The Morgan fingerprint density at radius 3 is 1.56 bits per heavy atom. The van der Waals surface area contributed by atoms with Gasteiger partial charge in [0, 0.05) is 5.56 Å². The molecule has 4 aromatic rings. The van der Waals surface area contributed by atoms with Crippen LogP contribution in [0, 0.1) is 27.2 Å². The van der Waals surface area contributed by atoms with E-state index in [1.165, 1.54) is 12.1 Å². The number of nitro benzene ring substituents is 2. The van der Waals surface area contributed by atoms with Crippen LogP contribution in [0.2, 0.25) is 0 Å². The maximum atomic E-state index is 10.9. The molecule has 0 unspecified atom stereocenters. The molecule has 0 aromatic heterocycles. The number of nitrogens with zero attached hydrogens (tertiary/aromatic N) is 2. The van der Waals surface area contributed by atoms with Gasteiger partial charge in [-0.05, 0) is 55.5 Å². The zero-order valence-corrected chi connectivity index (χ0v) is 18.9.